The first-order valence-electron chi connectivity index (χ1n) is 9.53. The summed E-state index contributed by atoms with van der Waals surface area (Å²) in [5, 5.41) is 0.979. The second-order valence-corrected chi connectivity index (χ2v) is 7.83. The Balaban J connectivity index is 1.48. The van der Waals surface area contributed by atoms with Gasteiger partial charge in [0.15, 0.2) is 0 Å². The second-order valence-electron chi connectivity index (χ2n) is 6.99. The number of hydrogen-bond acceptors (Lipinski definition) is 6. The van der Waals surface area contributed by atoms with Crippen molar-refractivity contribution in [2.45, 2.75) is 18.4 Å². The number of nitrogens with zero attached hydrogens (tertiary/aromatic N) is 2. The molecule has 0 amide bonds. The number of carbonyl (C=O) groups excluding carboxylic acids is 1. The van der Waals surface area contributed by atoms with Crippen LogP contribution in [0, 0.1) is 0 Å². The highest BCUT2D eigenvalue weighted by Gasteiger charge is 2.45. The van der Waals surface area contributed by atoms with E-state index < -0.39 is 11.8 Å². The molecule has 3 aromatic rings. The van der Waals surface area contributed by atoms with Crippen LogP contribution < -0.4 is 4.74 Å². The predicted octanol–water partition coefficient (Wildman–Crippen LogP) is 4.32. The molecule has 0 spiro atoms. The Bertz CT molecular complexity index is 1040. The predicted molar refractivity (Wildman–Crippen MR) is 114 cm³/mol. The monoisotopic (exact) mass is 462 g/mol. The van der Waals surface area contributed by atoms with Crippen molar-refractivity contribution in [1.29, 1.82) is 0 Å². The van der Waals surface area contributed by atoms with E-state index in [4.69, 9.17) is 42.1 Å². The number of benzene rings is 2. The first kappa shape index (κ1) is 21.6. The zero-order chi connectivity index (χ0) is 21.8. The van der Waals surface area contributed by atoms with E-state index in [1.54, 1.807) is 55.0 Å². The van der Waals surface area contributed by atoms with E-state index in [0.29, 0.717) is 40.1 Å². The van der Waals surface area contributed by atoms with Gasteiger partial charge in [0.2, 0.25) is 5.79 Å². The molecule has 0 N–H and O–H groups in total. The van der Waals surface area contributed by atoms with Crippen LogP contribution in [0.1, 0.15) is 15.9 Å². The van der Waals surface area contributed by atoms with Gasteiger partial charge in [0.1, 0.15) is 18.5 Å². The molecule has 2 unspecified atom stereocenters. The lowest BCUT2D eigenvalue weighted by atomic mass is 10.1. The lowest BCUT2D eigenvalue weighted by Gasteiger charge is -2.30. The Morgan fingerprint density at radius 2 is 2.06 bits per heavy atom. The molecule has 2 atom stereocenters. The average molecular weight is 463 g/mol. The van der Waals surface area contributed by atoms with Crippen molar-refractivity contribution < 1.29 is 23.7 Å². The van der Waals surface area contributed by atoms with Crippen LogP contribution in [-0.4, -0.2) is 41.9 Å². The highest BCUT2D eigenvalue weighted by molar-refractivity contribution is 6.35. The lowest BCUT2D eigenvalue weighted by molar-refractivity contribution is -0.189. The molecular weight excluding hydrogens is 443 g/mol. The number of esters is 1. The number of imidazole rings is 1. The van der Waals surface area contributed by atoms with Crippen LogP contribution in [0.4, 0.5) is 0 Å². The zero-order valence-corrected chi connectivity index (χ0v) is 18.2. The lowest BCUT2D eigenvalue weighted by Crippen LogP contribution is -2.34. The van der Waals surface area contributed by atoms with Gasteiger partial charge in [-0.2, -0.15) is 0 Å². The summed E-state index contributed by atoms with van der Waals surface area (Å²) >= 11 is 12.5. The highest BCUT2D eigenvalue weighted by atomic mass is 35.5. The summed E-state index contributed by atoms with van der Waals surface area (Å²) in [6.07, 6.45) is 4.86. The van der Waals surface area contributed by atoms with E-state index >= 15 is 0 Å². The Morgan fingerprint density at radius 1 is 1.26 bits per heavy atom. The van der Waals surface area contributed by atoms with Gasteiger partial charge in [-0.3, -0.25) is 0 Å². The summed E-state index contributed by atoms with van der Waals surface area (Å²) in [4.78, 5) is 15.6. The topological polar surface area (TPSA) is 71.8 Å². The summed E-state index contributed by atoms with van der Waals surface area (Å²) in [5.74, 6) is -0.901. The van der Waals surface area contributed by atoms with Crippen LogP contribution >= 0.6 is 23.2 Å². The quantitative estimate of drug-likeness (QED) is 0.486. The maximum atomic E-state index is 11.6. The van der Waals surface area contributed by atoms with Crippen LogP contribution in [0.25, 0.3) is 0 Å². The summed E-state index contributed by atoms with van der Waals surface area (Å²) in [7, 11) is 1.34. The number of hydrogen-bond donors (Lipinski definition) is 0. The molecule has 31 heavy (non-hydrogen) atoms. The molecule has 7 nitrogen and oxygen atoms in total. The molecule has 1 fully saturated rings. The van der Waals surface area contributed by atoms with Crippen LogP contribution in [0.15, 0.2) is 61.2 Å². The van der Waals surface area contributed by atoms with Crippen molar-refractivity contribution >= 4 is 29.2 Å². The van der Waals surface area contributed by atoms with Crippen molar-refractivity contribution in [3.8, 4) is 5.75 Å². The van der Waals surface area contributed by atoms with Gasteiger partial charge in [0, 0.05) is 23.0 Å². The normalized spacial score (nSPS) is 20.5. The molecule has 2 aromatic carbocycles. The van der Waals surface area contributed by atoms with Crippen LogP contribution in [0.2, 0.25) is 10.0 Å². The molecule has 1 aliphatic heterocycles. The number of rotatable bonds is 7. The number of halogens is 2. The largest absolute Gasteiger partial charge is 0.491 e. The minimum Gasteiger partial charge on any atom is -0.491 e. The molecule has 4 rings (SSSR count). The fourth-order valence-corrected chi connectivity index (χ4v) is 3.92. The minimum absolute atomic E-state index is 0.258. The maximum absolute atomic E-state index is 11.6. The van der Waals surface area contributed by atoms with Gasteiger partial charge >= 0.3 is 5.97 Å². The van der Waals surface area contributed by atoms with Crippen molar-refractivity contribution in [3.05, 3.63) is 82.4 Å². The van der Waals surface area contributed by atoms with E-state index in [0.717, 1.165) is 0 Å². The van der Waals surface area contributed by atoms with Crippen LogP contribution in [0.3, 0.4) is 0 Å². The molecule has 0 radical (unpaired) electrons. The summed E-state index contributed by atoms with van der Waals surface area (Å²) in [6, 6.07) is 11.9. The van der Waals surface area contributed by atoms with E-state index in [9.17, 15) is 4.79 Å². The summed E-state index contributed by atoms with van der Waals surface area (Å²) in [6.45, 7) is 0.932. The Labute approximate surface area is 189 Å². The molecule has 2 heterocycles. The van der Waals surface area contributed by atoms with Crippen LogP contribution in [0.5, 0.6) is 5.75 Å². The second kappa shape index (κ2) is 9.28. The molecule has 0 bridgehead atoms. The molecule has 162 valence electrons. The third-order valence-electron chi connectivity index (χ3n) is 4.86. The molecular formula is C22H20Cl2N2O5. The summed E-state index contributed by atoms with van der Waals surface area (Å²) in [5.41, 5.74) is 1.13. The number of ether oxygens (including phenoxy) is 4. The first-order chi connectivity index (χ1) is 15.0. The van der Waals surface area contributed by atoms with Gasteiger partial charge in [0.05, 0.1) is 37.2 Å². The van der Waals surface area contributed by atoms with Gasteiger partial charge in [0.25, 0.3) is 0 Å². The first-order valence-corrected chi connectivity index (χ1v) is 10.3. The molecule has 1 aromatic heterocycles. The molecule has 0 aliphatic carbocycles. The van der Waals surface area contributed by atoms with Gasteiger partial charge < -0.3 is 23.5 Å². The zero-order valence-electron chi connectivity index (χ0n) is 16.7. The van der Waals surface area contributed by atoms with Crippen molar-refractivity contribution in [3.63, 3.8) is 0 Å². The third kappa shape index (κ3) is 4.85. The fourth-order valence-electron chi connectivity index (χ4n) is 3.37. The number of aromatic nitrogens is 2. The SMILES string of the molecule is COC(=O)c1ccc(OCC2COC(Cn3ccnc3)(c3ccc(Cl)cc3Cl)O2)cc1. The van der Waals surface area contributed by atoms with Gasteiger partial charge in [-0.05, 0) is 36.4 Å². The highest BCUT2D eigenvalue weighted by Crippen LogP contribution is 2.40. The van der Waals surface area contributed by atoms with E-state index in [2.05, 4.69) is 4.98 Å². The third-order valence-corrected chi connectivity index (χ3v) is 5.41. The van der Waals surface area contributed by atoms with E-state index in [1.807, 2.05) is 10.8 Å². The Kier molecular flexibility index (Phi) is 6.48. The average Bonchev–Trinajstić information content (AvgIpc) is 3.43. The summed E-state index contributed by atoms with van der Waals surface area (Å²) < 4.78 is 24.9. The molecule has 9 heteroatoms. The molecule has 1 aliphatic rings. The maximum Gasteiger partial charge on any atom is 0.337 e. The fraction of sp³-hybridized carbons (Fsp3) is 0.273. The minimum atomic E-state index is -1.11. The van der Waals surface area contributed by atoms with Crippen LogP contribution in [-0.2, 0) is 26.5 Å². The van der Waals surface area contributed by atoms with Gasteiger partial charge in [-0.25, -0.2) is 9.78 Å². The Morgan fingerprint density at radius 3 is 2.74 bits per heavy atom. The number of carbonyl (C=O) groups is 1. The molecule has 0 saturated carbocycles. The smallest absolute Gasteiger partial charge is 0.337 e. The standard InChI is InChI=1S/C22H20Cl2N2O5/c1-28-21(27)15-2-5-17(6-3-15)29-11-18-12-30-22(31-18,13-26-9-8-25-14-26)19-7-4-16(23)10-20(19)24/h2-10,14,18H,11-13H2,1H3. The van der Waals surface area contributed by atoms with Gasteiger partial charge in [-0.15, -0.1) is 0 Å². The van der Waals surface area contributed by atoms with Crippen molar-refractivity contribution in [2.75, 3.05) is 20.3 Å². The van der Waals surface area contributed by atoms with E-state index in [1.165, 1.54) is 7.11 Å². The Hall–Kier alpha value is -2.58. The molecule has 1 saturated heterocycles. The van der Waals surface area contributed by atoms with Gasteiger partial charge in [-0.1, -0.05) is 29.3 Å². The number of methoxy groups -OCH3 is 1. The van der Waals surface area contributed by atoms with Crippen molar-refractivity contribution in [2.24, 2.45) is 0 Å². The van der Waals surface area contributed by atoms with Crippen molar-refractivity contribution in [1.82, 2.24) is 9.55 Å². The van der Waals surface area contributed by atoms with E-state index in [-0.39, 0.29) is 12.7 Å².